The largest absolute Gasteiger partial charge is 0.477 e. The lowest BCUT2D eigenvalue weighted by Crippen LogP contribution is -2.31. The highest BCUT2D eigenvalue weighted by molar-refractivity contribution is 5.93. The van der Waals surface area contributed by atoms with E-state index in [2.05, 4.69) is 12.0 Å². The molecule has 0 aromatic carbocycles. The summed E-state index contributed by atoms with van der Waals surface area (Å²) in [5.41, 5.74) is 0.291. The summed E-state index contributed by atoms with van der Waals surface area (Å²) < 4.78 is 1.78. The first-order valence-corrected chi connectivity index (χ1v) is 4.63. The van der Waals surface area contributed by atoms with Crippen LogP contribution in [0.2, 0.25) is 0 Å². The first kappa shape index (κ1) is 9.05. The van der Waals surface area contributed by atoms with Crippen molar-refractivity contribution in [1.82, 2.24) is 9.78 Å². The number of hydrogen-bond donors (Lipinski definition) is 1. The Bertz CT molecular complexity index is 372. The Kier molecular flexibility index (Phi) is 1.94. The molecule has 0 aliphatic carbocycles. The number of carbonyl (C=O) groups is 1. The third-order valence-corrected chi connectivity index (χ3v) is 2.66. The number of nitrogens with zero attached hydrogens (tertiary/aromatic N) is 3. The molecule has 0 fully saturated rings. The van der Waals surface area contributed by atoms with Gasteiger partial charge in [-0.3, -0.25) is 0 Å². The van der Waals surface area contributed by atoms with Gasteiger partial charge >= 0.3 is 5.97 Å². The Morgan fingerprint density at radius 3 is 3.07 bits per heavy atom. The lowest BCUT2D eigenvalue weighted by molar-refractivity contribution is 0.0697. The Morgan fingerprint density at radius 1 is 1.71 bits per heavy atom. The minimum atomic E-state index is -0.910. The van der Waals surface area contributed by atoms with E-state index in [1.165, 1.54) is 6.20 Å². The molecule has 2 heterocycles. The van der Waals surface area contributed by atoms with Gasteiger partial charge in [-0.1, -0.05) is 0 Å². The minimum Gasteiger partial charge on any atom is -0.477 e. The van der Waals surface area contributed by atoms with Crippen molar-refractivity contribution in [3.63, 3.8) is 0 Å². The van der Waals surface area contributed by atoms with Crippen LogP contribution in [-0.2, 0) is 0 Å². The standard InChI is InChI=1S/C9H13N3O2/c1-6-3-4-11(2)8-7(9(13)14)5-10-12(6)8/h5-6H,3-4H2,1-2H3,(H,13,14). The summed E-state index contributed by atoms with van der Waals surface area (Å²) >= 11 is 0. The van der Waals surface area contributed by atoms with Crippen molar-refractivity contribution in [2.45, 2.75) is 19.4 Å². The van der Waals surface area contributed by atoms with Gasteiger partial charge < -0.3 is 10.0 Å². The minimum absolute atomic E-state index is 0.286. The molecule has 1 unspecified atom stereocenters. The molecule has 1 N–H and O–H groups in total. The van der Waals surface area contributed by atoms with E-state index >= 15 is 0 Å². The number of rotatable bonds is 1. The number of carboxylic acid groups (broad SMARTS) is 1. The molecule has 2 rings (SSSR count). The number of hydrogen-bond acceptors (Lipinski definition) is 3. The summed E-state index contributed by atoms with van der Waals surface area (Å²) in [7, 11) is 1.89. The molecule has 1 atom stereocenters. The van der Waals surface area contributed by atoms with Crippen LogP contribution >= 0.6 is 0 Å². The van der Waals surface area contributed by atoms with Crippen molar-refractivity contribution < 1.29 is 9.90 Å². The summed E-state index contributed by atoms with van der Waals surface area (Å²) in [5, 5.41) is 13.1. The summed E-state index contributed by atoms with van der Waals surface area (Å²) in [6.45, 7) is 2.93. The highest BCUT2D eigenvalue weighted by atomic mass is 16.4. The van der Waals surface area contributed by atoms with Gasteiger partial charge in [0.25, 0.3) is 0 Å². The Morgan fingerprint density at radius 2 is 2.43 bits per heavy atom. The molecule has 76 valence electrons. The maximum atomic E-state index is 10.9. The number of fused-ring (bicyclic) bond motifs is 1. The second-order valence-electron chi connectivity index (χ2n) is 3.69. The van der Waals surface area contributed by atoms with Crippen LogP contribution in [-0.4, -0.2) is 34.4 Å². The zero-order valence-corrected chi connectivity index (χ0v) is 8.27. The second kappa shape index (κ2) is 3.01. The van der Waals surface area contributed by atoms with Gasteiger partial charge in [0.2, 0.25) is 0 Å². The molecule has 5 heteroatoms. The molecular weight excluding hydrogens is 182 g/mol. The van der Waals surface area contributed by atoms with Crippen molar-refractivity contribution in [2.24, 2.45) is 0 Å². The molecule has 14 heavy (non-hydrogen) atoms. The average molecular weight is 195 g/mol. The van der Waals surface area contributed by atoms with Gasteiger partial charge in [0.05, 0.1) is 12.2 Å². The molecule has 1 aliphatic rings. The highest BCUT2D eigenvalue weighted by Gasteiger charge is 2.26. The molecule has 0 saturated carbocycles. The number of aromatic carboxylic acids is 1. The monoisotopic (exact) mass is 195 g/mol. The average Bonchev–Trinajstić information content (AvgIpc) is 2.56. The first-order chi connectivity index (χ1) is 6.61. The molecule has 1 aromatic rings. The van der Waals surface area contributed by atoms with Gasteiger partial charge in [-0.05, 0) is 13.3 Å². The summed E-state index contributed by atoms with van der Waals surface area (Å²) in [4.78, 5) is 12.8. The summed E-state index contributed by atoms with van der Waals surface area (Å²) in [6, 6.07) is 0.286. The molecule has 0 saturated heterocycles. The van der Waals surface area contributed by atoms with E-state index in [-0.39, 0.29) is 6.04 Å². The summed E-state index contributed by atoms with van der Waals surface area (Å²) in [6.07, 6.45) is 2.43. The van der Waals surface area contributed by atoms with E-state index in [1.54, 1.807) is 4.68 Å². The van der Waals surface area contributed by atoms with Gasteiger partial charge in [-0.15, -0.1) is 0 Å². The fraction of sp³-hybridized carbons (Fsp3) is 0.556. The van der Waals surface area contributed by atoms with Crippen LogP contribution in [0.25, 0.3) is 0 Å². The van der Waals surface area contributed by atoms with Crippen LogP contribution in [0.5, 0.6) is 0 Å². The maximum Gasteiger partial charge on any atom is 0.341 e. The SMILES string of the molecule is CC1CCN(C)c2c(C(=O)O)cnn21. The summed E-state index contributed by atoms with van der Waals surface area (Å²) in [5.74, 6) is -0.191. The molecule has 0 spiro atoms. The van der Waals surface area contributed by atoms with Crippen molar-refractivity contribution in [3.05, 3.63) is 11.8 Å². The third kappa shape index (κ3) is 1.16. The fourth-order valence-electron chi connectivity index (χ4n) is 1.82. The lowest BCUT2D eigenvalue weighted by atomic mass is 10.1. The Labute approximate surface area is 81.9 Å². The molecular formula is C9H13N3O2. The van der Waals surface area contributed by atoms with E-state index in [9.17, 15) is 4.79 Å². The predicted molar refractivity (Wildman–Crippen MR) is 51.8 cm³/mol. The number of carboxylic acids is 1. The van der Waals surface area contributed by atoms with Gasteiger partial charge in [0.15, 0.2) is 0 Å². The molecule has 0 amide bonds. The van der Waals surface area contributed by atoms with Crippen LogP contribution in [0.3, 0.4) is 0 Å². The lowest BCUT2D eigenvalue weighted by Gasteiger charge is -2.30. The van der Waals surface area contributed by atoms with Gasteiger partial charge in [-0.25, -0.2) is 9.48 Å². The Hall–Kier alpha value is -1.52. The molecule has 0 bridgehead atoms. The topological polar surface area (TPSA) is 58.4 Å². The van der Waals surface area contributed by atoms with E-state index in [1.807, 2.05) is 11.9 Å². The van der Waals surface area contributed by atoms with Gasteiger partial charge in [0.1, 0.15) is 11.4 Å². The molecule has 1 aliphatic heterocycles. The predicted octanol–water partition coefficient (Wildman–Crippen LogP) is 0.982. The van der Waals surface area contributed by atoms with Crippen LogP contribution in [0.15, 0.2) is 6.20 Å². The van der Waals surface area contributed by atoms with Crippen LogP contribution in [0, 0.1) is 0 Å². The third-order valence-electron chi connectivity index (χ3n) is 2.66. The highest BCUT2D eigenvalue weighted by Crippen LogP contribution is 2.29. The smallest absolute Gasteiger partial charge is 0.341 e. The van der Waals surface area contributed by atoms with Gasteiger partial charge in [0, 0.05) is 13.6 Å². The molecule has 0 radical (unpaired) electrons. The molecule has 1 aromatic heterocycles. The van der Waals surface area contributed by atoms with Crippen LogP contribution in [0.1, 0.15) is 29.7 Å². The first-order valence-electron chi connectivity index (χ1n) is 4.63. The number of aromatic nitrogens is 2. The fourth-order valence-corrected chi connectivity index (χ4v) is 1.82. The van der Waals surface area contributed by atoms with Gasteiger partial charge in [-0.2, -0.15) is 5.10 Å². The maximum absolute atomic E-state index is 10.9. The zero-order valence-electron chi connectivity index (χ0n) is 8.27. The van der Waals surface area contributed by atoms with Crippen molar-refractivity contribution in [2.75, 3.05) is 18.5 Å². The second-order valence-corrected chi connectivity index (χ2v) is 3.69. The van der Waals surface area contributed by atoms with Crippen molar-refractivity contribution in [3.8, 4) is 0 Å². The van der Waals surface area contributed by atoms with Crippen LogP contribution in [0.4, 0.5) is 5.82 Å². The van der Waals surface area contributed by atoms with E-state index in [0.29, 0.717) is 5.56 Å². The normalized spacial score (nSPS) is 20.7. The van der Waals surface area contributed by atoms with E-state index < -0.39 is 5.97 Å². The quantitative estimate of drug-likeness (QED) is 0.725. The zero-order chi connectivity index (χ0) is 10.3. The van der Waals surface area contributed by atoms with E-state index in [4.69, 9.17) is 5.11 Å². The van der Waals surface area contributed by atoms with E-state index in [0.717, 1.165) is 18.8 Å². The Balaban J connectivity index is 2.53. The molecule has 5 nitrogen and oxygen atoms in total. The van der Waals surface area contributed by atoms with Crippen molar-refractivity contribution in [1.29, 1.82) is 0 Å². The van der Waals surface area contributed by atoms with Crippen LogP contribution < -0.4 is 4.90 Å². The van der Waals surface area contributed by atoms with Crippen molar-refractivity contribution >= 4 is 11.8 Å². The number of anilines is 1.